The lowest BCUT2D eigenvalue weighted by molar-refractivity contribution is -0.139. The first-order chi connectivity index (χ1) is 19.3. The molecule has 0 unspecified atom stereocenters. The fourth-order valence-electron chi connectivity index (χ4n) is 2.49. The van der Waals surface area contributed by atoms with Crippen molar-refractivity contribution in [2.24, 2.45) is 0 Å². The SMILES string of the molecule is C.CC(=O)CC(=O)CC[B]OC(=O)CC(C)=O.CC[B]OC(=O)CC(=O)CC[B]OC.CO[B]CCC(=O)CC(C)=O. The van der Waals surface area contributed by atoms with Crippen molar-refractivity contribution < 1.29 is 57.0 Å². The Labute approximate surface area is 253 Å². The highest BCUT2D eigenvalue weighted by Gasteiger charge is 2.11. The van der Waals surface area contributed by atoms with Crippen LogP contribution in [0, 0.1) is 0 Å². The van der Waals surface area contributed by atoms with Crippen LogP contribution in [0.4, 0.5) is 0 Å². The molecule has 0 saturated heterocycles. The van der Waals surface area contributed by atoms with Crippen LogP contribution >= 0.6 is 0 Å². The zero-order valence-corrected chi connectivity index (χ0v) is 25.0. The molecule has 0 heterocycles. The summed E-state index contributed by atoms with van der Waals surface area (Å²) in [5.74, 6) is -2.00. The Morgan fingerprint density at radius 1 is 0.500 bits per heavy atom. The van der Waals surface area contributed by atoms with E-state index in [4.69, 9.17) is 0 Å². The quantitative estimate of drug-likeness (QED) is 0.102. The minimum Gasteiger partial charge on any atom is -0.538 e. The first kappa shape index (κ1) is 46.1. The number of hydrogen-bond donors (Lipinski definition) is 0. The first-order valence-electron chi connectivity index (χ1n) is 13.0. The summed E-state index contributed by atoms with van der Waals surface area (Å²) in [5.41, 5.74) is 0. The molecular weight excluding hydrogens is 548 g/mol. The summed E-state index contributed by atoms with van der Waals surface area (Å²) >= 11 is 0. The van der Waals surface area contributed by atoms with Crippen molar-refractivity contribution in [2.45, 2.75) is 105 Å². The van der Waals surface area contributed by atoms with Crippen molar-refractivity contribution in [3.05, 3.63) is 0 Å². The zero-order valence-electron chi connectivity index (χ0n) is 25.0. The Balaban J connectivity index is -0.000000259. The number of carbonyl (C=O) groups excluding carboxylic acids is 8. The normalized spacial score (nSPS) is 9.10. The summed E-state index contributed by atoms with van der Waals surface area (Å²) < 4.78 is 18.5. The van der Waals surface area contributed by atoms with Gasteiger partial charge in [0.15, 0.2) is 0 Å². The van der Waals surface area contributed by atoms with Gasteiger partial charge in [-0.15, -0.1) is 0 Å². The van der Waals surface area contributed by atoms with E-state index in [9.17, 15) is 38.4 Å². The van der Waals surface area contributed by atoms with Crippen molar-refractivity contribution in [3.8, 4) is 0 Å². The van der Waals surface area contributed by atoms with Gasteiger partial charge in [0.1, 0.15) is 47.5 Å². The third kappa shape index (κ3) is 41.6. The summed E-state index contributed by atoms with van der Waals surface area (Å²) in [6.45, 7) is 5.90. The third-order valence-electron chi connectivity index (χ3n) is 4.18. The van der Waals surface area contributed by atoms with Gasteiger partial charge < -0.3 is 18.6 Å². The Kier molecular flexibility index (Phi) is 35.8. The number of ketones is 6. The van der Waals surface area contributed by atoms with Gasteiger partial charge in [0.2, 0.25) is 0 Å². The van der Waals surface area contributed by atoms with E-state index in [-0.39, 0.29) is 80.6 Å². The second kappa shape index (κ2) is 32.7. The number of hydrogen-bond acceptors (Lipinski definition) is 12. The predicted molar refractivity (Wildman–Crippen MR) is 160 cm³/mol. The van der Waals surface area contributed by atoms with Crippen LogP contribution < -0.4 is 0 Å². The maximum Gasteiger partial charge on any atom is 0.374 e. The van der Waals surface area contributed by atoms with Crippen LogP contribution in [-0.4, -0.2) is 90.8 Å². The Morgan fingerprint density at radius 3 is 1.19 bits per heavy atom. The van der Waals surface area contributed by atoms with E-state index in [2.05, 4.69) is 18.6 Å². The van der Waals surface area contributed by atoms with E-state index in [1.165, 1.54) is 57.4 Å². The maximum atomic E-state index is 11.1. The van der Waals surface area contributed by atoms with Crippen LogP contribution in [0.5, 0.6) is 0 Å². The van der Waals surface area contributed by atoms with Gasteiger partial charge in [-0.05, 0) is 46.1 Å². The van der Waals surface area contributed by atoms with Gasteiger partial charge in [-0.2, -0.15) is 0 Å². The van der Waals surface area contributed by atoms with Crippen molar-refractivity contribution in [1.82, 2.24) is 0 Å². The number of rotatable bonds is 22. The molecule has 0 aromatic heterocycles. The van der Waals surface area contributed by atoms with Gasteiger partial charge in [-0.3, -0.25) is 38.4 Å². The van der Waals surface area contributed by atoms with Gasteiger partial charge in [-0.25, -0.2) is 0 Å². The van der Waals surface area contributed by atoms with Crippen LogP contribution in [0.2, 0.25) is 25.3 Å². The molecule has 0 amide bonds. The van der Waals surface area contributed by atoms with Crippen molar-refractivity contribution in [2.75, 3.05) is 14.2 Å². The monoisotopic (exact) mass is 592 g/mol. The minimum atomic E-state index is -0.633. The molecule has 0 aromatic carbocycles. The van der Waals surface area contributed by atoms with E-state index < -0.39 is 11.9 Å². The van der Waals surface area contributed by atoms with E-state index in [1.54, 1.807) is 7.48 Å². The van der Waals surface area contributed by atoms with Gasteiger partial charge in [0.25, 0.3) is 26.9 Å². The molecule has 0 fully saturated rings. The van der Waals surface area contributed by atoms with Crippen LogP contribution in [0.3, 0.4) is 0 Å². The molecule has 0 saturated carbocycles. The summed E-state index contributed by atoms with van der Waals surface area (Å²) in [4.78, 5) is 86.3. The Hall–Kier alpha value is -2.86. The lowest BCUT2D eigenvalue weighted by Crippen LogP contribution is -2.13. The zero-order chi connectivity index (χ0) is 32.1. The molecule has 42 heavy (non-hydrogen) atoms. The second-order valence-electron chi connectivity index (χ2n) is 8.57. The number of carbonyl (C=O) groups is 8. The highest BCUT2D eigenvalue weighted by molar-refractivity contribution is 6.32. The first-order valence-corrected chi connectivity index (χ1v) is 13.0. The molecule has 12 nitrogen and oxygen atoms in total. The summed E-state index contributed by atoms with van der Waals surface area (Å²) in [6.07, 6.45) is 2.43. The summed E-state index contributed by atoms with van der Waals surface area (Å²) in [6, 6.07) is 0. The van der Waals surface area contributed by atoms with Crippen LogP contribution in [0.1, 0.15) is 80.1 Å². The van der Waals surface area contributed by atoms with E-state index in [1.807, 2.05) is 6.92 Å². The molecule has 0 aliphatic carbocycles. The van der Waals surface area contributed by atoms with Gasteiger partial charge >= 0.3 is 15.0 Å². The molecule has 0 atom stereocenters. The average Bonchev–Trinajstić information content (AvgIpc) is 2.85. The summed E-state index contributed by atoms with van der Waals surface area (Å²) in [5, 5.41) is 0. The molecule has 0 aliphatic rings. The van der Waals surface area contributed by atoms with Crippen LogP contribution in [0.25, 0.3) is 0 Å². The van der Waals surface area contributed by atoms with E-state index in [0.29, 0.717) is 31.8 Å². The van der Waals surface area contributed by atoms with E-state index in [0.717, 1.165) is 0 Å². The fourth-order valence-corrected chi connectivity index (χ4v) is 2.49. The maximum absolute atomic E-state index is 11.1. The molecule has 232 valence electrons. The third-order valence-corrected chi connectivity index (χ3v) is 4.18. The second-order valence-corrected chi connectivity index (χ2v) is 8.57. The lowest BCUT2D eigenvalue weighted by Gasteiger charge is -2.01. The highest BCUT2D eigenvalue weighted by atomic mass is 16.5. The molecule has 4 radical (unpaired) electrons. The molecule has 0 aliphatic heterocycles. The Morgan fingerprint density at radius 2 is 0.833 bits per heavy atom. The molecule has 0 N–H and O–H groups in total. The van der Waals surface area contributed by atoms with Crippen LogP contribution in [0.15, 0.2) is 0 Å². The molecule has 0 rings (SSSR count). The van der Waals surface area contributed by atoms with Gasteiger partial charge in [0, 0.05) is 33.5 Å². The van der Waals surface area contributed by atoms with Crippen molar-refractivity contribution >= 4 is 76.6 Å². The smallest absolute Gasteiger partial charge is 0.374 e. The molecule has 16 heteroatoms. The van der Waals surface area contributed by atoms with Crippen LogP contribution in [-0.2, 0) is 57.0 Å². The topological polar surface area (TPSA) is 173 Å². The molecule has 0 aromatic rings. The highest BCUT2D eigenvalue weighted by Crippen LogP contribution is 1.99. The predicted octanol–water partition coefficient (Wildman–Crippen LogP) is 2.35. The molecule has 0 bridgehead atoms. The molecule has 0 spiro atoms. The standard InChI is InChI=1S/C10H14BO5.C8H14B2O4.C7H12BO3.CH4/c1-7(12)5-9(14)3-4-11-16-10(15)6-8(2)13;1-3-9-14-8(12)6-7(11)4-5-10-13-2;1-6(9)5-7(10)3-4-8-11-2;/h3-6H2,1-2H3;3-6H2,1-2H3;3-5H2,1-2H3;1H4. The van der Waals surface area contributed by atoms with E-state index >= 15 is 0 Å². The average molecular weight is 592 g/mol. The van der Waals surface area contributed by atoms with Gasteiger partial charge in [-0.1, -0.05) is 14.4 Å². The van der Waals surface area contributed by atoms with Crippen molar-refractivity contribution in [1.29, 1.82) is 0 Å². The largest absolute Gasteiger partial charge is 0.538 e. The fraction of sp³-hybridized carbons (Fsp3) is 0.692. The molecular formula is C26H44B4O12. The Bertz CT molecular complexity index is 804. The lowest BCUT2D eigenvalue weighted by atomic mass is 9.90. The summed E-state index contributed by atoms with van der Waals surface area (Å²) in [7, 11) is 8.71. The minimum absolute atomic E-state index is 0. The van der Waals surface area contributed by atoms with Gasteiger partial charge in [0.05, 0.1) is 12.8 Å². The number of Topliss-reactive ketones (excluding diaryl/α,β-unsaturated/α-hetero) is 6. The van der Waals surface area contributed by atoms with Crippen molar-refractivity contribution in [3.63, 3.8) is 0 Å².